The van der Waals surface area contributed by atoms with Gasteiger partial charge in [0.1, 0.15) is 5.92 Å². The number of methoxy groups -OCH3 is 1. The van der Waals surface area contributed by atoms with E-state index in [1.54, 1.807) is 38.1 Å². The molecule has 1 heterocycles. The van der Waals surface area contributed by atoms with Crippen molar-refractivity contribution in [3.8, 4) is 6.07 Å². The van der Waals surface area contributed by atoms with Crippen molar-refractivity contribution in [1.82, 2.24) is 5.32 Å². The van der Waals surface area contributed by atoms with Gasteiger partial charge >= 0.3 is 11.9 Å². The molecule has 0 aliphatic carbocycles. The summed E-state index contributed by atoms with van der Waals surface area (Å²) in [7, 11) is 1.17. The average molecular weight is 423 g/mol. The van der Waals surface area contributed by atoms with E-state index in [-0.39, 0.29) is 22.5 Å². The van der Waals surface area contributed by atoms with E-state index in [0.717, 1.165) is 11.8 Å². The first-order valence-electron chi connectivity index (χ1n) is 8.39. The molecule has 1 amide bonds. The topological polar surface area (TPSA) is 105 Å². The molecule has 2 rings (SSSR count). The van der Waals surface area contributed by atoms with Crippen LogP contribution in [0, 0.1) is 17.2 Å². The maximum absolute atomic E-state index is 12.7. The Morgan fingerprint density at radius 1 is 1.36 bits per heavy atom. The molecule has 1 aromatic carbocycles. The third kappa shape index (κ3) is 4.86. The predicted molar refractivity (Wildman–Crippen MR) is 104 cm³/mol. The molecule has 7 nitrogen and oxygen atoms in total. The summed E-state index contributed by atoms with van der Waals surface area (Å²) in [6.45, 7) is 3.44. The number of halogens is 1. The average Bonchev–Trinajstić information content (AvgIpc) is 2.65. The van der Waals surface area contributed by atoms with E-state index in [9.17, 15) is 19.6 Å². The molecule has 0 fully saturated rings. The van der Waals surface area contributed by atoms with Crippen LogP contribution in [0.1, 0.15) is 25.3 Å². The van der Waals surface area contributed by atoms with Crippen LogP contribution >= 0.6 is 23.4 Å². The number of hydrogen-bond acceptors (Lipinski definition) is 7. The van der Waals surface area contributed by atoms with Gasteiger partial charge in [-0.2, -0.15) is 5.26 Å². The smallest absolute Gasteiger partial charge is 0.319 e. The SMILES string of the molecule is COC(=O)C1C(=O)NC(SCC(=O)OC(C)C)=C(C#N)C1c1ccccc1Cl. The number of nitrogens with zero attached hydrogens (tertiary/aromatic N) is 1. The quantitative estimate of drug-likeness (QED) is 0.555. The molecule has 28 heavy (non-hydrogen) atoms. The van der Waals surface area contributed by atoms with Gasteiger partial charge in [-0.15, -0.1) is 0 Å². The molecule has 9 heteroatoms. The predicted octanol–water partition coefficient (Wildman–Crippen LogP) is 2.76. The fraction of sp³-hybridized carbons (Fsp3) is 0.368. The molecule has 0 saturated carbocycles. The fourth-order valence-electron chi connectivity index (χ4n) is 2.81. The minimum atomic E-state index is -1.27. The largest absolute Gasteiger partial charge is 0.468 e. The first-order chi connectivity index (χ1) is 13.3. The first kappa shape index (κ1) is 21.8. The van der Waals surface area contributed by atoms with E-state index < -0.39 is 29.7 Å². The van der Waals surface area contributed by atoms with Gasteiger partial charge in [-0.05, 0) is 25.5 Å². The highest BCUT2D eigenvalue weighted by Gasteiger charge is 2.45. The number of carbonyl (C=O) groups is 3. The summed E-state index contributed by atoms with van der Waals surface area (Å²) in [5.74, 6) is -4.19. The van der Waals surface area contributed by atoms with Crippen LogP contribution in [0.25, 0.3) is 0 Å². The van der Waals surface area contributed by atoms with Crippen molar-refractivity contribution in [3.05, 3.63) is 45.5 Å². The molecule has 2 atom stereocenters. The number of rotatable bonds is 6. The van der Waals surface area contributed by atoms with Crippen LogP contribution in [0.4, 0.5) is 0 Å². The van der Waals surface area contributed by atoms with Crippen LogP contribution in [-0.4, -0.2) is 36.8 Å². The number of ether oxygens (including phenoxy) is 2. The Labute approximate surface area is 172 Å². The second-order valence-corrected chi connectivity index (χ2v) is 7.56. The van der Waals surface area contributed by atoms with Crippen LogP contribution in [-0.2, 0) is 23.9 Å². The van der Waals surface area contributed by atoms with E-state index in [1.165, 1.54) is 7.11 Å². The van der Waals surface area contributed by atoms with Gasteiger partial charge in [0.25, 0.3) is 0 Å². The van der Waals surface area contributed by atoms with Crippen molar-refractivity contribution in [1.29, 1.82) is 5.26 Å². The number of thioether (sulfide) groups is 1. The number of amides is 1. The summed E-state index contributed by atoms with van der Waals surface area (Å²) in [6, 6.07) is 8.71. The Morgan fingerprint density at radius 2 is 2.04 bits per heavy atom. The molecule has 1 aromatic rings. The number of nitriles is 1. The molecule has 0 radical (unpaired) electrons. The molecule has 0 bridgehead atoms. The monoisotopic (exact) mass is 422 g/mol. The van der Waals surface area contributed by atoms with E-state index in [0.29, 0.717) is 10.6 Å². The standard InChI is InChI=1S/C19H19ClN2O5S/c1-10(2)27-14(23)9-28-18-12(8-21)15(11-6-4-5-7-13(11)20)16(17(24)22-18)19(25)26-3/h4-7,10,15-16H,9H2,1-3H3,(H,22,24). The maximum Gasteiger partial charge on any atom is 0.319 e. The van der Waals surface area contributed by atoms with Gasteiger partial charge in [0, 0.05) is 10.9 Å². The van der Waals surface area contributed by atoms with Gasteiger partial charge < -0.3 is 14.8 Å². The number of carbonyl (C=O) groups excluding carboxylic acids is 3. The lowest BCUT2D eigenvalue weighted by Crippen LogP contribution is -2.44. The van der Waals surface area contributed by atoms with Gasteiger partial charge in [0.05, 0.1) is 35.6 Å². The van der Waals surface area contributed by atoms with Gasteiger partial charge in [-0.3, -0.25) is 14.4 Å². The van der Waals surface area contributed by atoms with Crippen molar-refractivity contribution in [3.63, 3.8) is 0 Å². The van der Waals surface area contributed by atoms with E-state index in [2.05, 4.69) is 5.32 Å². The highest BCUT2D eigenvalue weighted by molar-refractivity contribution is 8.03. The molecule has 2 unspecified atom stereocenters. The molecule has 1 aliphatic rings. The molecule has 148 valence electrons. The van der Waals surface area contributed by atoms with Gasteiger partial charge in [0.2, 0.25) is 5.91 Å². The van der Waals surface area contributed by atoms with Gasteiger partial charge in [0.15, 0.2) is 0 Å². The molecular formula is C19H19ClN2O5S. The number of hydrogen-bond donors (Lipinski definition) is 1. The molecule has 0 spiro atoms. The molecule has 0 aromatic heterocycles. The molecular weight excluding hydrogens is 404 g/mol. The maximum atomic E-state index is 12.7. The highest BCUT2D eigenvalue weighted by atomic mass is 35.5. The third-order valence-corrected chi connectivity index (χ3v) is 5.26. The van der Waals surface area contributed by atoms with Gasteiger partial charge in [-0.1, -0.05) is 41.6 Å². The van der Waals surface area contributed by atoms with Crippen molar-refractivity contribution in [2.75, 3.05) is 12.9 Å². The van der Waals surface area contributed by atoms with Crippen molar-refractivity contribution >= 4 is 41.2 Å². The van der Waals surface area contributed by atoms with Crippen LogP contribution in [0.3, 0.4) is 0 Å². The zero-order valence-electron chi connectivity index (χ0n) is 15.5. The van der Waals surface area contributed by atoms with Crippen molar-refractivity contribution in [2.45, 2.75) is 25.9 Å². The van der Waals surface area contributed by atoms with Crippen LogP contribution in [0.5, 0.6) is 0 Å². The number of allylic oxidation sites excluding steroid dienone is 1. The summed E-state index contributed by atoms with van der Waals surface area (Å²) in [4.78, 5) is 36.8. The first-order valence-corrected chi connectivity index (χ1v) is 9.76. The number of esters is 2. The summed E-state index contributed by atoms with van der Waals surface area (Å²) >= 11 is 7.24. The lowest BCUT2D eigenvalue weighted by Gasteiger charge is -2.31. The van der Waals surface area contributed by atoms with Crippen LogP contribution in [0.15, 0.2) is 34.9 Å². The van der Waals surface area contributed by atoms with Crippen LogP contribution in [0.2, 0.25) is 5.02 Å². The van der Waals surface area contributed by atoms with E-state index in [1.807, 2.05) is 6.07 Å². The zero-order valence-corrected chi connectivity index (χ0v) is 17.1. The van der Waals surface area contributed by atoms with Gasteiger partial charge in [-0.25, -0.2) is 0 Å². The molecule has 1 N–H and O–H groups in total. The second-order valence-electron chi connectivity index (χ2n) is 6.17. The Kier molecular flexibility index (Phi) is 7.49. The second kappa shape index (κ2) is 9.62. The Hall–Kier alpha value is -2.50. The normalized spacial score (nSPS) is 19.1. The molecule has 0 saturated heterocycles. The Bertz CT molecular complexity index is 862. The number of benzene rings is 1. The highest BCUT2D eigenvalue weighted by Crippen LogP contribution is 2.42. The van der Waals surface area contributed by atoms with E-state index >= 15 is 0 Å². The summed E-state index contributed by atoms with van der Waals surface area (Å²) in [5, 5.41) is 12.8. The van der Waals surface area contributed by atoms with E-state index in [4.69, 9.17) is 21.1 Å². The minimum Gasteiger partial charge on any atom is -0.468 e. The zero-order chi connectivity index (χ0) is 20.8. The fourth-order valence-corrected chi connectivity index (χ4v) is 3.90. The Balaban J connectivity index is 2.48. The molecule has 1 aliphatic heterocycles. The lowest BCUT2D eigenvalue weighted by atomic mass is 9.78. The third-order valence-electron chi connectivity index (χ3n) is 3.93. The lowest BCUT2D eigenvalue weighted by molar-refractivity contribution is -0.151. The Morgan fingerprint density at radius 3 is 2.61 bits per heavy atom. The summed E-state index contributed by atoms with van der Waals surface area (Å²) < 4.78 is 9.84. The summed E-state index contributed by atoms with van der Waals surface area (Å²) in [6.07, 6.45) is -0.280. The van der Waals surface area contributed by atoms with Crippen LogP contribution < -0.4 is 5.32 Å². The minimum absolute atomic E-state index is 0.100. The van der Waals surface area contributed by atoms with Crippen molar-refractivity contribution in [2.24, 2.45) is 5.92 Å². The number of nitrogens with one attached hydrogen (secondary N) is 1. The van der Waals surface area contributed by atoms with Crippen molar-refractivity contribution < 1.29 is 23.9 Å². The summed E-state index contributed by atoms with van der Waals surface area (Å²) in [5.41, 5.74) is 0.583.